The summed E-state index contributed by atoms with van der Waals surface area (Å²) in [6.07, 6.45) is 0. The largest absolute Gasteiger partial charge is 0.336 e. The van der Waals surface area contributed by atoms with Crippen LogP contribution in [0.3, 0.4) is 0 Å². The molecule has 0 saturated heterocycles. The maximum Gasteiger partial charge on any atom is 0.153 e. The maximum atomic E-state index is 13.5. The number of halogens is 2. The van der Waals surface area contributed by atoms with Crippen LogP contribution in [0.1, 0.15) is 5.56 Å². The second-order valence-electron chi connectivity index (χ2n) is 3.30. The first kappa shape index (κ1) is 10.8. The van der Waals surface area contributed by atoms with Gasteiger partial charge in [-0.15, -0.1) is 10.2 Å². The van der Waals surface area contributed by atoms with Crippen LogP contribution < -0.4 is 5.32 Å². The Morgan fingerprint density at radius 2 is 2.00 bits per heavy atom. The van der Waals surface area contributed by atoms with Crippen LogP contribution in [0, 0.1) is 12.7 Å². The average molecular weight is 238 g/mol. The minimum Gasteiger partial charge on any atom is -0.336 e. The summed E-state index contributed by atoms with van der Waals surface area (Å²) in [5.41, 5.74) is 1.20. The summed E-state index contributed by atoms with van der Waals surface area (Å²) in [6.45, 7) is 1.81. The van der Waals surface area contributed by atoms with Crippen LogP contribution in [-0.2, 0) is 0 Å². The molecule has 0 aliphatic carbocycles. The molecule has 2 rings (SSSR count). The topological polar surface area (TPSA) is 37.8 Å². The van der Waals surface area contributed by atoms with Crippen LogP contribution in [0.25, 0.3) is 0 Å². The van der Waals surface area contributed by atoms with E-state index in [1.54, 1.807) is 18.2 Å². The van der Waals surface area contributed by atoms with E-state index in [9.17, 15) is 4.39 Å². The van der Waals surface area contributed by atoms with Crippen LogP contribution in [0.15, 0.2) is 30.3 Å². The highest BCUT2D eigenvalue weighted by atomic mass is 35.5. The van der Waals surface area contributed by atoms with Crippen molar-refractivity contribution in [2.45, 2.75) is 6.92 Å². The molecule has 1 aromatic heterocycles. The van der Waals surface area contributed by atoms with E-state index in [1.807, 2.05) is 13.0 Å². The van der Waals surface area contributed by atoms with Crippen molar-refractivity contribution in [3.05, 3.63) is 46.9 Å². The van der Waals surface area contributed by atoms with Crippen molar-refractivity contribution >= 4 is 23.1 Å². The van der Waals surface area contributed by atoms with Gasteiger partial charge in [0.15, 0.2) is 11.0 Å². The Morgan fingerprint density at radius 1 is 1.19 bits per heavy atom. The molecule has 0 radical (unpaired) electrons. The molecule has 0 unspecified atom stereocenters. The van der Waals surface area contributed by atoms with E-state index >= 15 is 0 Å². The highest BCUT2D eigenvalue weighted by Crippen LogP contribution is 2.22. The summed E-state index contributed by atoms with van der Waals surface area (Å²) in [4.78, 5) is 0. The van der Waals surface area contributed by atoms with Gasteiger partial charge in [0.05, 0.1) is 5.69 Å². The van der Waals surface area contributed by atoms with Gasteiger partial charge in [0, 0.05) is 0 Å². The summed E-state index contributed by atoms with van der Waals surface area (Å²) in [7, 11) is 0. The Kier molecular flexibility index (Phi) is 3.01. The molecule has 3 nitrogen and oxygen atoms in total. The van der Waals surface area contributed by atoms with Crippen molar-refractivity contribution in [2.75, 3.05) is 5.32 Å². The number of rotatable bonds is 2. The molecule has 0 aliphatic rings. The molecule has 2 aromatic rings. The van der Waals surface area contributed by atoms with Gasteiger partial charge in [-0.3, -0.25) is 0 Å². The Morgan fingerprint density at radius 3 is 2.62 bits per heavy atom. The van der Waals surface area contributed by atoms with Crippen molar-refractivity contribution in [3.63, 3.8) is 0 Å². The van der Waals surface area contributed by atoms with Gasteiger partial charge in [0.2, 0.25) is 0 Å². The maximum absolute atomic E-state index is 13.5. The third-order valence-electron chi connectivity index (χ3n) is 2.11. The molecule has 1 heterocycles. The fourth-order valence-corrected chi connectivity index (χ4v) is 1.40. The van der Waals surface area contributed by atoms with Gasteiger partial charge < -0.3 is 5.32 Å². The zero-order chi connectivity index (χ0) is 11.5. The number of hydrogen-bond donors (Lipinski definition) is 1. The van der Waals surface area contributed by atoms with Gasteiger partial charge in [-0.1, -0.05) is 23.7 Å². The zero-order valence-corrected chi connectivity index (χ0v) is 9.29. The summed E-state index contributed by atoms with van der Waals surface area (Å²) in [5.74, 6) is 0.134. The monoisotopic (exact) mass is 237 g/mol. The van der Waals surface area contributed by atoms with Crippen LogP contribution in [0.5, 0.6) is 0 Å². The number of nitrogens with zero attached hydrogens (tertiary/aromatic N) is 2. The fraction of sp³-hybridized carbons (Fsp3) is 0.0909. The van der Waals surface area contributed by atoms with Gasteiger partial charge in [0.25, 0.3) is 0 Å². The highest BCUT2D eigenvalue weighted by molar-refractivity contribution is 6.29. The molecule has 82 valence electrons. The number of hydrogen-bond acceptors (Lipinski definition) is 3. The minimum absolute atomic E-state index is 0.302. The van der Waals surface area contributed by atoms with Crippen LogP contribution in [0.2, 0.25) is 5.15 Å². The lowest BCUT2D eigenvalue weighted by molar-refractivity contribution is 0.630. The van der Waals surface area contributed by atoms with Crippen LogP contribution in [-0.4, -0.2) is 10.2 Å². The van der Waals surface area contributed by atoms with E-state index < -0.39 is 0 Å². The van der Waals surface area contributed by atoms with Crippen LogP contribution >= 0.6 is 11.6 Å². The molecule has 0 spiro atoms. The predicted octanol–water partition coefficient (Wildman–Crippen LogP) is 3.32. The summed E-state index contributed by atoms with van der Waals surface area (Å²) >= 11 is 5.60. The molecular formula is C11H9ClFN3. The van der Waals surface area contributed by atoms with E-state index in [2.05, 4.69) is 15.5 Å². The SMILES string of the molecule is Cc1cccc(F)c1Nc1ccc(Cl)nn1. The van der Waals surface area contributed by atoms with Gasteiger partial charge >= 0.3 is 0 Å². The molecular weight excluding hydrogens is 229 g/mol. The lowest BCUT2D eigenvalue weighted by Crippen LogP contribution is -1.99. The molecule has 0 amide bonds. The molecule has 0 saturated carbocycles. The first-order valence-electron chi connectivity index (χ1n) is 4.68. The van der Waals surface area contributed by atoms with Crippen molar-refractivity contribution < 1.29 is 4.39 Å². The van der Waals surface area contributed by atoms with Crippen LogP contribution in [0.4, 0.5) is 15.9 Å². The van der Waals surface area contributed by atoms with E-state index in [1.165, 1.54) is 6.07 Å². The van der Waals surface area contributed by atoms with Gasteiger partial charge in [0.1, 0.15) is 5.82 Å². The third-order valence-corrected chi connectivity index (χ3v) is 2.31. The second-order valence-corrected chi connectivity index (χ2v) is 3.69. The number of nitrogens with one attached hydrogen (secondary N) is 1. The Balaban J connectivity index is 2.30. The Labute approximate surface area is 97.3 Å². The summed E-state index contributed by atoms with van der Waals surface area (Å²) < 4.78 is 13.5. The van der Waals surface area contributed by atoms with E-state index in [4.69, 9.17) is 11.6 Å². The fourth-order valence-electron chi connectivity index (χ4n) is 1.30. The smallest absolute Gasteiger partial charge is 0.153 e. The minimum atomic E-state index is -0.322. The predicted molar refractivity (Wildman–Crippen MR) is 61.5 cm³/mol. The zero-order valence-electron chi connectivity index (χ0n) is 8.54. The number of aryl methyl sites for hydroxylation is 1. The molecule has 0 fully saturated rings. The Bertz CT molecular complexity index is 479. The summed E-state index contributed by atoms with van der Waals surface area (Å²) in [6, 6.07) is 8.09. The Hall–Kier alpha value is -1.68. The number of benzene rings is 1. The number of para-hydroxylation sites is 1. The molecule has 0 bridgehead atoms. The van der Waals surface area contributed by atoms with Crippen molar-refractivity contribution in [1.29, 1.82) is 0 Å². The summed E-state index contributed by atoms with van der Waals surface area (Å²) in [5, 5.41) is 10.6. The highest BCUT2D eigenvalue weighted by Gasteiger charge is 2.05. The number of anilines is 2. The lowest BCUT2D eigenvalue weighted by Gasteiger charge is -2.08. The van der Waals surface area contributed by atoms with Gasteiger partial charge in [-0.25, -0.2) is 4.39 Å². The first-order chi connectivity index (χ1) is 7.66. The molecule has 0 atom stereocenters. The molecule has 1 N–H and O–H groups in total. The van der Waals surface area contributed by atoms with E-state index in [-0.39, 0.29) is 5.82 Å². The first-order valence-corrected chi connectivity index (χ1v) is 5.06. The lowest BCUT2D eigenvalue weighted by atomic mass is 10.2. The van der Waals surface area contributed by atoms with Gasteiger partial charge in [-0.2, -0.15) is 0 Å². The second kappa shape index (κ2) is 4.45. The van der Waals surface area contributed by atoms with E-state index in [0.29, 0.717) is 16.7 Å². The third kappa shape index (κ3) is 2.28. The molecule has 16 heavy (non-hydrogen) atoms. The molecule has 5 heteroatoms. The molecule has 0 aliphatic heterocycles. The van der Waals surface area contributed by atoms with E-state index in [0.717, 1.165) is 5.56 Å². The average Bonchev–Trinajstić information content (AvgIpc) is 2.26. The van der Waals surface area contributed by atoms with Crippen molar-refractivity contribution in [1.82, 2.24) is 10.2 Å². The van der Waals surface area contributed by atoms with Gasteiger partial charge in [-0.05, 0) is 30.7 Å². The number of aromatic nitrogens is 2. The quantitative estimate of drug-likeness (QED) is 0.871. The normalized spacial score (nSPS) is 10.2. The molecule has 1 aromatic carbocycles. The standard InChI is InChI=1S/C11H9ClFN3/c1-7-3-2-4-8(13)11(7)14-10-6-5-9(12)15-16-10/h2-6H,1H3,(H,14,16). The van der Waals surface area contributed by atoms with Crippen molar-refractivity contribution in [3.8, 4) is 0 Å². The van der Waals surface area contributed by atoms with Crippen molar-refractivity contribution in [2.24, 2.45) is 0 Å².